The molecule has 1 aromatic heterocycles. The van der Waals surface area contributed by atoms with Gasteiger partial charge >= 0.3 is 0 Å². The van der Waals surface area contributed by atoms with Gasteiger partial charge in [0.15, 0.2) is 0 Å². The smallest absolute Gasteiger partial charge is 0.245 e. The van der Waals surface area contributed by atoms with Crippen LogP contribution in [0.25, 0.3) is 0 Å². The van der Waals surface area contributed by atoms with Crippen molar-refractivity contribution >= 4 is 5.95 Å². The SMILES string of the molecule is N[C@@H]1c2ccccc2CC12CCN(c1nccnn1)CC2. The van der Waals surface area contributed by atoms with Crippen LogP contribution in [0.5, 0.6) is 0 Å². The Bertz CT molecular complexity index is 634. The van der Waals surface area contributed by atoms with Crippen molar-refractivity contribution < 1.29 is 0 Å². The van der Waals surface area contributed by atoms with Gasteiger partial charge in [0.1, 0.15) is 0 Å². The summed E-state index contributed by atoms with van der Waals surface area (Å²) in [5.41, 5.74) is 9.55. The zero-order chi connectivity index (χ0) is 14.3. The Balaban J connectivity index is 1.54. The van der Waals surface area contributed by atoms with Gasteiger partial charge in [-0.25, -0.2) is 4.98 Å². The molecule has 1 spiro atoms. The average molecular weight is 281 g/mol. The summed E-state index contributed by atoms with van der Waals surface area (Å²) in [6, 6.07) is 8.77. The van der Waals surface area contributed by atoms with Gasteiger partial charge in [-0.15, -0.1) is 5.10 Å². The normalized spacial score (nSPS) is 23.3. The van der Waals surface area contributed by atoms with E-state index in [9.17, 15) is 0 Å². The van der Waals surface area contributed by atoms with Crippen molar-refractivity contribution in [2.45, 2.75) is 25.3 Å². The van der Waals surface area contributed by atoms with Crippen LogP contribution in [0.15, 0.2) is 36.7 Å². The molecule has 1 atom stereocenters. The third kappa shape index (κ3) is 2.00. The van der Waals surface area contributed by atoms with Crippen LogP contribution in [-0.4, -0.2) is 28.3 Å². The summed E-state index contributed by atoms with van der Waals surface area (Å²) >= 11 is 0. The van der Waals surface area contributed by atoms with Crippen LogP contribution in [0.2, 0.25) is 0 Å². The van der Waals surface area contributed by atoms with Crippen molar-refractivity contribution in [2.75, 3.05) is 18.0 Å². The quantitative estimate of drug-likeness (QED) is 0.862. The second-order valence-electron chi connectivity index (χ2n) is 6.15. The summed E-state index contributed by atoms with van der Waals surface area (Å²) in [7, 11) is 0. The number of anilines is 1. The number of aromatic nitrogens is 3. The van der Waals surface area contributed by atoms with Crippen molar-refractivity contribution in [3.8, 4) is 0 Å². The fourth-order valence-electron chi connectivity index (χ4n) is 3.84. The lowest BCUT2D eigenvalue weighted by Gasteiger charge is -2.42. The van der Waals surface area contributed by atoms with Gasteiger partial charge in [0.25, 0.3) is 0 Å². The first-order chi connectivity index (χ1) is 10.3. The Morgan fingerprint density at radius 2 is 1.95 bits per heavy atom. The summed E-state index contributed by atoms with van der Waals surface area (Å²) in [4.78, 5) is 6.51. The summed E-state index contributed by atoms with van der Waals surface area (Å²) in [5.74, 6) is 0.733. The van der Waals surface area contributed by atoms with Crippen LogP contribution in [0.3, 0.4) is 0 Å². The fraction of sp³-hybridized carbons (Fsp3) is 0.438. The molecule has 1 aromatic carbocycles. The van der Waals surface area contributed by atoms with Gasteiger partial charge in [-0.1, -0.05) is 24.3 Å². The summed E-state index contributed by atoms with van der Waals surface area (Å²) in [6.45, 7) is 1.90. The van der Waals surface area contributed by atoms with Crippen molar-refractivity contribution in [3.63, 3.8) is 0 Å². The molecule has 4 rings (SSSR count). The molecule has 0 amide bonds. The first-order valence-electron chi connectivity index (χ1n) is 7.51. The number of piperidine rings is 1. The molecule has 0 bridgehead atoms. The second-order valence-corrected chi connectivity index (χ2v) is 6.15. The molecule has 0 radical (unpaired) electrons. The van der Waals surface area contributed by atoms with Crippen LogP contribution < -0.4 is 10.6 Å². The maximum absolute atomic E-state index is 6.58. The van der Waals surface area contributed by atoms with E-state index in [1.165, 1.54) is 11.1 Å². The molecule has 5 nitrogen and oxygen atoms in total. The second kappa shape index (κ2) is 4.77. The molecule has 2 aromatic rings. The molecule has 0 unspecified atom stereocenters. The van der Waals surface area contributed by atoms with E-state index in [0.29, 0.717) is 0 Å². The molecule has 108 valence electrons. The zero-order valence-corrected chi connectivity index (χ0v) is 11.9. The van der Waals surface area contributed by atoms with Crippen LogP contribution in [0.1, 0.15) is 30.0 Å². The van der Waals surface area contributed by atoms with E-state index in [1.54, 1.807) is 12.4 Å². The van der Waals surface area contributed by atoms with Crippen LogP contribution in [0.4, 0.5) is 5.95 Å². The van der Waals surface area contributed by atoms with Gasteiger partial charge in [-0.2, -0.15) is 5.10 Å². The number of fused-ring (bicyclic) bond motifs is 1. The molecule has 2 N–H and O–H groups in total. The Labute approximate surface area is 124 Å². The Kier molecular flexibility index (Phi) is 2.89. The molecular formula is C16H19N5. The third-order valence-electron chi connectivity index (χ3n) is 5.10. The van der Waals surface area contributed by atoms with Gasteiger partial charge < -0.3 is 10.6 Å². The Morgan fingerprint density at radius 3 is 2.67 bits per heavy atom. The first-order valence-corrected chi connectivity index (χ1v) is 7.51. The number of hydrogen-bond donors (Lipinski definition) is 1. The first kappa shape index (κ1) is 12.7. The number of hydrogen-bond acceptors (Lipinski definition) is 5. The average Bonchev–Trinajstić information content (AvgIpc) is 2.82. The molecule has 1 saturated heterocycles. The summed E-state index contributed by atoms with van der Waals surface area (Å²) in [5, 5.41) is 8.03. The highest BCUT2D eigenvalue weighted by atomic mass is 15.3. The lowest BCUT2D eigenvalue weighted by atomic mass is 9.73. The van der Waals surface area contributed by atoms with E-state index < -0.39 is 0 Å². The predicted octanol–water partition coefficient (Wildman–Crippen LogP) is 1.71. The van der Waals surface area contributed by atoms with E-state index in [0.717, 1.165) is 38.3 Å². The highest BCUT2D eigenvalue weighted by molar-refractivity contribution is 5.39. The predicted molar refractivity (Wildman–Crippen MR) is 80.8 cm³/mol. The minimum Gasteiger partial charge on any atom is -0.339 e. The number of nitrogens with two attached hydrogens (primary N) is 1. The lowest BCUT2D eigenvalue weighted by molar-refractivity contribution is 0.187. The Hall–Kier alpha value is -2.01. The standard InChI is InChI=1S/C16H19N5/c17-14-13-4-2-1-3-12(13)11-16(14)5-9-21(10-6-16)15-18-7-8-19-20-15/h1-4,7-8,14H,5-6,9-11,17H2/t14-/m1/s1. The minimum atomic E-state index is 0.158. The van der Waals surface area contributed by atoms with Crippen molar-refractivity contribution in [3.05, 3.63) is 47.8 Å². The molecule has 1 aliphatic heterocycles. The van der Waals surface area contributed by atoms with E-state index >= 15 is 0 Å². The topological polar surface area (TPSA) is 67.9 Å². The van der Waals surface area contributed by atoms with Gasteiger partial charge in [0.2, 0.25) is 5.95 Å². The van der Waals surface area contributed by atoms with E-state index in [-0.39, 0.29) is 11.5 Å². The van der Waals surface area contributed by atoms with E-state index in [1.807, 2.05) is 0 Å². The monoisotopic (exact) mass is 281 g/mol. The van der Waals surface area contributed by atoms with Crippen LogP contribution in [0, 0.1) is 5.41 Å². The molecule has 2 heterocycles. The summed E-state index contributed by atoms with van der Waals surface area (Å²) < 4.78 is 0. The highest BCUT2D eigenvalue weighted by Gasteiger charge is 2.45. The van der Waals surface area contributed by atoms with Crippen molar-refractivity contribution in [1.29, 1.82) is 0 Å². The number of benzene rings is 1. The van der Waals surface area contributed by atoms with Gasteiger partial charge in [0, 0.05) is 19.1 Å². The van der Waals surface area contributed by atoms with Gasteiger partial charge in [0.05, 0.1) is 12.4 Å². The van der Waals surface area contributed by atoms with Crippen molar-refractivity contribution in [1.82, 2.24) is 15.2 Å². The van der Waals surface area contributed by atoms with E-state index in [2.05, 4.69) is 44.3 Å². The summed E-state index contributed by atoms with van der Waals surface area (Å²) in [6.07, 6.45) is 6.58. The van der Waals surface area contributed by atoms with Gasteiger partial charge in [-0.3, -0.25) is 0 Å². The van der Waals surface area contributed by atoms with E-state index in [4.69, 9.17) is 5.73 Å². The molecule has 2 aliphatic rings. The molecule has 1 aliphatic carbocycles. The number of rotatable bonds is 1. The maximum atomic E-state index is 6.58. The third-order valence-corrected chi connectivity index (χ3v) is 5.10. The zero-order valence-electron chi connectivity index (χ0n) is 11.9. The van der Waals surface area contributed by atoms with Gasteiger partial charge in [-0.05, 0) is 35.8 Å². The largest absolute Gasteiger partial charge is 0.339 e. The molecule has 5 heteroatoms. The molecule has 0 saturated carbocycles. The minimum absolute atomic E-state index is 0.158. The Morgan fingerprint density at radius 1 is 1.14 bits per heavy atom. The molecular weight excluding hydrogens is 262 g/mol. The number of nitrogens with zero attached hydrogens (tertiary/aromatic N) is 4. The molecule has 1 fully saturated rings. The van der Waals surface area contributed by atoms with Crippen LogP contribution >= 0.6 is 0 Å². The maximum Gasteiger partial charge on any atom is 0.245 e. The molecule has 21 heavy (non-hydrogen) atoms. The van der Waals surface area contributed by atoms with Crippen LogP contribution in [-0.2, 0) is 6.42 Å². The van der Waals surface area contributed by atoms with Crippen molar-refractivity contribution in [2.24, 2.45) is 11.1 Å². The fourth-order valence-corrected chi connectivity index (χ4v) is 3.84. The highest BCUT2D eigenvalue weighted by Crippen LogP contribution is 2.50. The lowest BCUT2D eigenvalue weighted by Crippen LogP contribution is -2.44.